The average molecular weight is 259 g/mol. The van der Waals surface area contributed by atoms with Crippen LogP contribution in [-0.2, 0) is 4.79 Å². The van der Waals surface area contributed by atoms with Gasteiger partial charge in [-0.2, -0.15) is 0 Å². The van der Waals surface area contributed by atoms with Gasteiger partial charge in [0.15, 0.2) is 0 Å². The van der Waals surface area contributed by atoms with Gasteiger partial charge in [-0.05, 0) is 18.2 Å². The van der Waals surface area contributed by atoms with Crippen molar-refractivity contribution < 1.29 is 9.90 Å². The van der Waals surface area contributed by atoms with Gasteiger partial charge in [-0.15, -0.1) is 0 Å². The second-order valence-electron chi connectivity index (χ2n) is 2.80. The normalized spacial score (nSPS) is 9.79. The van der Waals surface area contributed by atoms with Crippen molar-refractivity contribution in [2.24, 2.45) is 0 Å². The van der Waals surface area contributed by atoms with E-state index in [-0.39, 0.29) is 6.42 Å². The van der Waals surface area contributed by atoms with Gasteiger partial charge < -0.3 is 16.2 Å². The summed E-state index contributed by atoms with van der Waals surface area (Å²) in [6.07, 6.45) is 0.0789. The Labute approximate surface area is 90.2 Å². The fourth-order valence-corrected chi connectivity index (χ4v) is 1.38. The molecule has 0 fully saturated rings. The summed E-state index contributed by atoms with van der Waals surface area (Å²) in [7, 11) is 0. The molecule has 1 rings (SSSR count). The standard InChI is InChI=1S/C9H11BrN2O2/c10-6-1-2-8(7(11)5-6)12-4-3-9(13)14/h1-2,5,12H,3-4,11H2,(H,13,14). The molecule has 14 heavy (non-hydrogen) atoms. The van der Waals surface area contributed by atoms with Crippen molar-refractivity contribution in [2.45, 2.75) is 6.42 Å². The van der Waals surface area contributed by atoms with Crippen LogP contribution in [0.25, 0.3) is 0 Å². The number of anilines is 2. The van der Waals surface area contributed by atoms with E-state index >= 15 is 0 Å². The summed E-state index contributed by atoms with van der Waals surface area (Å²) in [5.41, 5.74) is 7.06. The highest BCUT2D eigenvalue weighted by atomic mass is 79.9. The molecule has 0 unspecified atom stereocenters. The fraction of sp³-hybridized carbons (Fsp3) is 0.222. The van der Waals surface area contributed by atoms with Crippen LogP contribution in [-0.4, -0.2) is 17.6 Å². The molecule has 4 nitrogen and oxygen atoms in total. The third-order valence-electron chi connectivity index (χ3n) is 1.67. The highest BCUT2D eigenvalue weighted by molar-refractivity contribution is 9.10. The van der Waals surface area contributed by atoms with Crippen LogP contribution in [0.3, 0.4) is 0 Å². The number of rotatable bonds is 4. The Kier molecular flexibility index (Phi) is 3.76. The Morgan fingerprint density at radius 1 is 1.57 bits per heavy atom. The van der Waals surface area contributed by atoms with Crippen LogP contribution in [0.2, 0.25) is 0 Å². The van der Waals surface area contributed by atoms with E-state index < -0.39 is 5.97 Å². The predicted molar refractivity (Wildman–Crippen MR) is 59.3 cm³/mol. The summed E-state index contributed by atoms with van der Waals surface area (Å²) in [6.45, 7) is 0.376. The summed E-state index contributed by atoms with van der Waals surface area (Å²) in [5.74, 6) is -0.826. The number of carboxylic acids is 1. The van der Waals surface area contributed by atoms with E-state index in [2.05, 4.69) is 21.2 Å². The minimum atomic E-state index is -0.826. The quantitative estimate of drug-likeness (QED) is 0.722. The molecule has 76 valence electrons. The minimum absolute atomic E-state index is 0.0789. The molecule has 0 aromatic heterocycles. The van der Waals surface area contributed by atoms with Gasteiger partial charge in [-0.25, -0.2) is 0 Å². The SMILES string of the molecule is Nc1cc(Br)ccc1NCCC(=O)O. The van der Waals surface area contributed by atoms with Crippen LogP contribution in [0.1, 0.15) is 6.42 Å². The van der Waals surface area contributed by atoms with Crippen LogP contribution >= 0.6 is 15.9 Å². The lowest BCUT2D eigenvalue weighted by molar-refractivity contribution is -0.136. The Morgan fingerprint density at radius 2 is 2.29 bits per heavy atom. The Morgan fingerprint density at radius 3 is 2.86 bits per heavy atom. The Balaban J connectivity index is 2.55. The van der Waals surface area contributed by atoms with Crippen molar-refractivity contribution in [3.05, 3.63) is 22.7 Å². The summed E-state index contributed by atoms with van der Waals surface area (Å²) < 4.78 is 0.902. The number of carbonyl (C=O) groups is 1. The number of aliphatic carboxylic acids is 1. The number of hydrogen-bond acceptors (Lipinski definition) is 3. The molecule has 0 radical (unpaired) electrons. The highest BCUT2D eigenvalue weighted by Crippen LogP contribution is 2.22. The first-order valence-electron chi connectivity index (χ1n) is 4.10. The van der Waals surface area contributed by atoms with Gasteiger partial charge in [0, 0.05) is 11.0 Å². The van der Waals surface area contributed by atoms with E-state index in [0.29, 0.717) is 12.2 Å². The van der Waals surface area contributed by atoms with Gasteiger partial charge in [0.2, 0.25) is 0 Å². The van der Waals surface area contributed by atoms with E-state index in [1.165, 1.54) is 0 Å². The summed E-state index contributed by atoms with van der Waals surface area (Å²) in [5, 5.41) is 11.4. The molecule has 0 aliphatic heterocycles. The number of nitrogens with two attached hydrogens (primary N) is 1. The maximum absolute atomic E-state index is 10.2. The van der Waals surface area contributed by atoms with Crippen LogP contribution in [0.5, 0.6) is 0 Å². The number of carboxylic acid groups (broad SMARTS) is 1. The van der Waals surface area contributed by atoms with E-state index in [0.717, 1.165) is 10.2 Å². The number of nitrogen functional groups attached to an aromatic ring is 1. The van der Waals surface area contributed by atoms with E-state index in [9.17, 15) is 4.79 Å². The second kappa shape index (κ2) is 4.85. The molecular weight excluding hydrogens is 248 g/mol. The minimum Gasteiger partial charge on any atom is -0.481 e. The molecule has 0 spiro atoms. The maximum Gasteiger partial charge on any atom is 0.305 e. The topological polar surface area (TPSA) is 75.3 Å². The molecule has 1 aromatic rings. The van der Waals surface area contributed by atoms with Crippen molar-refractivity contribution in [3.63, 3.8) is 0 Å². The zero-order valence-corrected chi connectivity index (χ0v) is 9.04. The Hall–Kier alpha value is -1.23. The molecule has 4 N–H and O–H groups in total. The molecule has 0 atom stereocenters. The van der Waals surface area contributed by atoms with Gasteiger partial charge in [0.1, 0.15) is 0 Å². The van der Waals surface area contributed by atoms with Crippen molar-refractivity contribution >= 4 is 33.3 Å². The van der Waals surface area contributed by atoms with Crippen molar-refractivity contribution in [1.82, 2.24) is 0 Å². The van der Waals surface area contributed by atoms with Crippen LogP contribution in [0, 0.1) is 0 Å². The predicted octanol–water partition coefficient (Wildman–Crippen LogP) is 1.92. The summed E-state index contributed by atoms with van der Waals surface area (Å²) in [4.78, 5) is 10.2. The summed E-state index contributed by atoms with van der Waals surface area (Å²) in [6, 6.07) is 5.42. The van der Waals surface area contributed by atoms with Gasteiger partial charge in [-0.3, -0.25) is 4.79 Å². The van der Waals surface area contributed by atoms with Crippen LogP contribution in [0.4, 0.5) is 11.4 Å². The average Bonchev–Trinajstić information content (AvgIpc) is 2.08. The molecule has 1 aromatic carbocycles. The lowest BCUT2D eigenvalue weighted by atomic mass is 10.2. The number of halogens is 1. The zero-order valence-electron chi connectivity index (χ0n) is 7.46. The van der Waals surface area contributed by atoms with Crippen molar-refractivity contribution in [1.29, 1.82) is 0 Å². The number of nitrogens with one attached hydrogen (secondary N) is 1. The first-order chi connectivity index (χ1) is 6.59. The Bertz CT molecular complexity index is 342. The van der Waals surface area contributed by atoms with Crippen molar-refractivity contribution in [3.8, 4) is 0 Å². The van der Waals surface area contributed by atoms with Gasteiger partial charge in [0.05, 0.1) is 17.8 Å². The number of benzene rings is 1. The smallest absolute Gasteiger partial charge is 0.305 e. The first-order valence-corrected chi connectivity index (χ1v) is 4.89. The lowest BCUT2D eigenvalue weighted by Gasteiger charge is -2.07. The molecule has 5 heteroatoms. The monoisotopic (exact) mass is 258 g/mol. The summed E-state index contributed by atoms with van der Waals surface area (Å²) >= 11 is 3.29. The van der Waals surface area contributed by atoms with Crippen molar-refractivity contribution in [2.75, 3.05) is 17.6 Å². The molecule has 0 aliphatic rings. The van der Waals surface area contributed by atoms with Gasteiger partial charge in [0.25, 0.3) is 0 Å². The molecule has 0 amide bonds. The molecule has 0 saturated carbocycles. The van der Waals surface area contributed by atoms with E-state index in [1.54, 1.807) is 12.1 Å². The maximum atomic E-state index is 10.2. The van der Waals surface area contributed by atoms with E-state index in [1.807, 2.05) is 6.07 Å². The van der Waals surface area contributed by atoms with Crippen LogP contribution in [0.15, 0.2) is 22.7 Å². The van der Waals surface area contributed by atoms with Gasteiger partial charge in [-0.1, -0.05) is 15.9 Å². The molecular formula is C9H11BrN2O2. The second-order valence-corrected chi connectivity index (χ2v) is 3.72. The third-order valence-corrected chi connectivity index (χ3v) is 2.16. The fourth-order valence-electron chi connectivity index (χ4n) is 0.999. The number of hydrogen-bond donors (Lipinski definition) is 3. The van der Waals surface area contributed by atoms with Crippen LogP contribution < -0.4 is 11.1 Å². The van der Waals surface area contributed by atoms with E-state index in [4.69, 9.17) is 10.8 Å². The largest absolute Gasteiger partial charge is 0.481 e. The van der Waals surface area contributed by atoms with Gasteiger partial charge >= 0.3 is 5.97 Å². The molecule has 0 saturated heterocycles. The zero-order chi connectivity index (χ0) is 10.6. The molecule has 0 aliphatic carbocycles. The molecule has 0 bridgehead atoms. The lowest BCUT2D eigenvalue weighted by Crippen LogP contribution is -2.08. The first kappa shape index (κ1) is 10.8. The third kappa shape index (κ3) is 3.26. The molecule has 0 heterocycles. The highest BCUT2D eigenvalue weighted by Gasteiger charge is 2.00.